The number of esters is 1. The van der Waals surface area contributed by atoms with Crippen LogP contribution in [0.15, 0.2) is 42.7 Å². The van der Waals surface area contributed by atoms with Crippen LogP contribution in [-0.4, -0.2) is 40.3 Å². The minimum absolute atomic E-state index is 0.0408. The van der Waals surface area contributed by atoms with E-state index in [0.717, 1.165) is 53.1 Å². The number of nitriles is 1. The lowest BCUT2D eigenvalue weighted by Crippen LogP contribution is -2.38. The van der Waals surface area contributed by atoms with Crippen LogP contribution in [0.1, 0.15) is 49.8 Å². The maximum atomic E-state index is 11.8. The van der Waals surface area contributed by atoms with Gasteiger partial charge in [-0.05, 0) is 54.8 Å². The molecule has 2 aliphatic heterocycles. The van der Waals surface area contributed by atoms with Crippen LogP contribution in [0.3, 0.4) is 0 Å². The number of morpholine rings is 1. The average molecular weight is 428 g/mol. The molecule has 162 valence electrons. The number of nitrogens with zero attached hydrogens (tertiary/aromatic N) is 4. The first-order chi connectivity index (χ1) is 15.5. The van der Waals surface area contributed by atoms with Gasteiger partial charge in [0.15, 0.2) is 0 Å². The number of aryl methyl sites for hydroxylation is 1. The van der Waals surface area contributed by atoms with E-state index in [1.54, 1.807) is 0 Å². The summed E-state index contributed by atoms with van der Waals surface area (Å²) in [7, 11) is 0. The Bertz CT molecular complexity index is 1240. The zero-order valence-corrected chi connectivity index (χ0v) is 18.2. The molecule has 5 rings (SSSR count). The summed E-state index contributed by atoms with van der Waals surface area (Å²) in [5.41, 5.74) is 7.54. The predicted octanol–water partition coefficient (Wildman–Crippen LogP) is 3.60. The fraction of sp³-hybridized carbons (Fsp3) is 0.320. The van der Waals surface area contributed by atoms with Gasteiger partial charge < -0.3 is 9.47 Å². The van der Waals surface area contributed by atoms with Crippen molar-refractivity contribution in [1.82, 2.24) is 14.7 Å². The third-order valence-electron chi connectivity index (χ3n) is 6.34. The number of cyclic esters (lactones) is 1. The van der Waals surface area contributed by atoms with Crippen molar-refractivity contribution in [3.05, 3.63) is 81.7 Å². The molecule has 0 radical (unpaired) electrons. The van der Waals surface area contributed by atoms with Gasteiger partial charge in [0.25, 0.3) is 0 Å². The molecule has 0 bridgehead atoms. The van der Waals surface area contributed by atoms with Crippen molar-refractivity contribution in [2.45, 2.75) is 33.1 Å². The highest BCUT2D eigenvalue weighted by molar-refractivity contribution is 5.93. The molecule has 2 aromatic carbocycles. The maximum Gasteiger partial charge on any atom is 0.338 e. The van der Waals surface area contributed by atoms with E-state index in [2.05, 4.69) is 16.1 Å². The molecule has 0 unspecified atom stereocenters. The fourth-order valence-corrected chi connectivity index (χ4v) is 4.51. The Morgan fingerprint density at radius 1 is 1.25 bits per heavy atom. The Labute approximate surface area is 186 Å². The molecule has 1 fully saturated rings. The molecule has 1 saturated heterocycles. The van der Waals surface area contributed by atoms with Gasteiger partial charge in [-0.1, -0.05) is 6.07 Å². The second kappa shape index (κ2) is 8.23. The summed E-state index contributed by atoms with van der Waals surface area (Å²) in [6, 6.07) is 11.8. The van der Waals surface area contributed by atoms with Crippen LogP contribution in [0.25, 0.3) is 5.69 Å². The van der Waals surface area contributed by atoms with Crippen molar-refractivity contribution < 1.29 is 14.3 Å². The first kappa shape index (κ1) is 20.4. The largest absolute Gasteiger partial charge is 0.457 e. The van der Waals surface area contributed by atoms with Crippen LogP contribution in [-0.2, 0) is 22.6 Å². The zero-order chi connectivity index (χ0) is 22.2. The second-order valence-electron chi connectivity index (χ2n) is 8.38. The van der Waals surface area contributed by atoms with E-state index in [4.69, 9.17) is 14.7 Å². The molecule has 1 atom stereocenters. The molecular formula is C25H24N4O3. The number of fused-ring (bicyclic) bond motifs is 1. The number of hydrogen-bond donors (Lipinski definition) is 0. The number of carbonyl (C=O) groups excluding carboxylic acids is 1. The lowest BCUT2D eigenvalue weighted by molar-refractivity contribution is -0.0332. The van der Waals surface area contributed by atoms with Crippen molar-refractivity contribution in [3.63, 3.8) is 0 Å². The van der Waals surface area contributed by atoms with Gasteiger partial charge in [-0.15, -0.1) is 0 Å². The number of ether oxygens (including phenoxy) is 2. The second-order valence-corrected chi connectivity index (χ2v) is 8.38. The van der Waals surface area contributed by atoms with E-state index in [9.17, 15) is 4.79 Å². The molecule has 0 spiro atoms. The normalized spacial score (nSPS) is 18.3. The highest BCUT2D eigenvalue weighted by Crippen LogP contribution is 2.32. The molecule has 32 heavy (non-hydrogen) atoms. The SMILES string of the molecule is Cc1cc(-n2cc(CN3CCO[C@H](c4ccc5c(c4C)COC5=O)C3)cn2)ccc1C#N. The summed E-state index contributed by atoms with van der Waals surface area (Å²) in [6.07, 6.45) is 3.89. The summed E-state index contributed by atoms with van der Waals surface area (Å²) < 4.78 is 13.1. The molecule has 0 amide bonds. The van der Waals surface area contributed by atoms with Crippen molar-refractivity contribution >= 4 is 5.97 Å². The molecule has 0 aliphatic carbocycles. The van der Waals surface area contributed by atoms with Crippen LogP contribution >= 0.6 is 0 Å². The van der Waals surface area contributed by atoms with E-state index in [0.29, 0.717) is 24.3 Å². The highest BCUT2D eigenvalue weighted by atomic mass is 16.5. The third-order valence-corrected chi connectivity index (χ3v) is 6.34. The van der Waals surface area contributed by atoms with Crippen LogP contribution in [0.2, 0.25) is 0 Å². The number of rotatable bonds is 4. The molecular weight excluding hydrogens is 404 g/mol. The summed E-state index contributed by atoms with van der Waals surface area (Å²) in [5.74, 6) is -0.240. The zero-order valence-electron chi connectivity index (χ0n) is 18.2. The lowest BCUT2D eigenvalue weighted by Gasteiger charge is -2.33. The number of aromatic nitrogens is 2. The molecule has 0 saturated carbocycles. The summed E-state index contributed by atoms with van der Waals surface area (Å²) in [6.45, 7) is 7.38. The molecule has 2 aliphatic rings. The Morgan fingerprint density at radius 3 is 2.94 bits per heavy atom. The Kier molecular flexibility index (Phi) is 5.25. The van der Waals surface area contributed by atoms with E-state index >= 15 is 0 Å². The van der Waals surface area contributed by atoms with Gasteiger partial charge in [0.05, 0.1) is 41.8 Å². The third kappa shape index (κ3) is 3.68. The Morgan fingerprint density at radius 2 is 2.12 bits per heavy atom. The summed E-state index contributed by atoms with van der Waals surface area (Å²) in [4.78, 5) is 14.2. The molecule has 3 aromatic rings. The number of benzene rings is 2. The van der Waals surface area contributed by atoms with Crippen LogP contribution < -0.4 is 0 Å². The Hall–Kier alpha value is -3.47. The predicted molar refractivity (Wildman–Crippen MR) is 117 cm³/mol. The van der Waals surface area contributed by atoms with E-state index < -0.39 is 0 Å². The molecule has 1 aromatic heterocycles. The van der Waals surface area contributed by atoms with Gasteiger partial charge in [0.1, 0.15) is 6.61 Å². The summed E-state index contributed by atoms with van der Waals surface area (Å²) in [5, 5.41) is 13.7. The van der Waals surface area contributed by atoms with Crippen molar-refractivity contribution in [2.24, 2.45) is 0 Å². The van der Waals surface area contributed by atoms with Crippen LogP contribution in [0.5, 0.6) is 0 Å². The Balaban J connectivity index is 1.30. The molecule has 3 heterocycles. The van der Waals surface area contributed by atoms with E-state index in [1.165, 1.54) is 0 Å². The van der Waals surface area contributed by atoms with Gasteiger partial charge >= 0.3 is 5.97 Å². The quantitative estimate of drug-likeness (QED) is 0.591. The lowest BCUT2D eigenvalue weighted by atomic mass is 9.94. The number of carbonyl (C=O) groups is 1. The standard InChI is InChI=1S/C25H24N4O3/c1-16-9-20(4-3-19(16)10-26)29-13-18(11-27-29)12-28-7-8-31-24(14-28)21-5-6-22-23(17(21)2)15-32-25(22)30/h3-6,9,11,13,24H,7-8,12,14-15H2,1-2H3/t24-/m0/s1. The minimum Gasteiger partial charge on any atom is -0.457 e. The van der Waals surface area contributed by atoms with Crippen LogP contribution in [0.4, 0.5) is 0 Å². The average Bonchev–Trinajstić information content (AvgIpc) is 3.41. The van der Waals surface area contributed by atoms with Gasteiger partial charge in [-0.3, -0.25) is 4.90 Å². The van der Waals surface area contributed by atoms with Gasteiger partial charge in [-0.2, -0.15) is 10.4 Å². The monoisotopic (exact) mass is 428 g/mol. The van der Waals surface area contributed by atoms with Gasteiger partial charge in [0, 0.05) is 37.0 Å². The smallest absolute Gasteiger partial charge is 0.338 e. The first-order valence-corrected chi connectivity index (χ1v) is 10.7. The van der Waals surface area contributed by atoms with Crippen molar-refractivity contribution in [3.8, 4) is 11.8 Å². The minimum atomic E-state index is -0.240. The van der Waals surface area contributed by atoms with Gasteiger partial charge in [0.2, 0.25) is 0 Å². The molecule has 0 N–H and O–H groups in total. The van der Waals surface area contributed by atoms with Crippen molar-refractivity contribution in [2.75, 3.05) is 19.7 Å². The topological polar surface area (TPSA) is 80.4 Å². The first-order valence-electron chi connectivity index (χ1n) is 10.7. The maximum absolute atomic E-state index is 11.8. The highest BCUT2D eigenvalue weighted by Gasteiger charge is 2.29. The number of hydrogen-bond acceptors (Lipinski definition) is 6. The fourth-order valence-electron chi connectivity index (χ4n) is 4.51. The van der Waals surface area contributed by atoms with E-state index in [-0.39, 0.29) is 12.1 Å². The van der Waals surface area contributed by atoms with Crippen LogP contribution in [0, 0.1) is 25.2 Å². The molecule has 7 heteroatoms. The van der Waals surface area contributed by atoms with Crippen molar-refractivity contribution in [1.29, 1.82) is 5.26 Å². The van der Waals surface area contributed by atoms with E-state index in [1.807, 2.05) is 61.3 Å². The summed E-state index contributed by atoms with van der Waals surface area (Å²) >= 11 is 0. The van der Waals surface area contributed by atoms with Gasteiger partial charge in [-0.25, -0.2) is 9.48 Å². The molecule has 7 nitrogen and oxygen atoms in total.